The van der Waals surface area contributed by atoms with Crippen LogP contribution in [0.1, 0.15) is 29.7 Å². The van der Waals surface area contributed by atoms with Gasteiger partial charge in [-0.15, -0.1) is 0 Å². The summed E-state index contributed by atoms with van der Waals surface area (Å²) in [4.78, 5) is 0. The number of halogens is 2. The van der Waals surface area contributed by atoms with Gasteiger partial charge in [-0.2, -0.15) is 5.26 Å². The minimum absolute atomic E-state index is 0.163. The predicted octanol–water partition coefficient (Wildman–Crippen LogP) is 3.98. The van der Waals surface area contributed by atoms with Gasteiger partial charge in [0.25, 0.3) is 0 Å². The van der Waals surface area contributed by atoms with Crippen molar-refractivity contribution in [2.45, 2.75) is 19.6 Å². The molecule has 1 N–H and O–H groups in total. The third-order valence-electron chi connectivity index (χ3n) is 2.99. The Morgan fingerprint density at radius 2 is 2.10 bits per heavy atom. The van der Waals surface area contributed by atoms with Crippen LogP contribution in [0.4, 0.5) is 4.39 Å². The average Bonchev–Trinajstić information content (AvgIpc) is 2.46. The predicted molar refractivity (Wildman–Crippen MR) is 77.5 cm³/mol. The maximum Gasteiger partial charge on any atom is 0.125 e. The van der Waals surface area contributed by atoms with Gasteiger partial charge in [0.05, 0.1) is 17.7 Å². The van der Waals surface area contributed by atoms with Crippen LogP contribution in [-0.4, -0.2) is 5.11 Å². The van der Waals surface area contributed by atoms with Crippen molar-refractivity contribution in [3.8, 4) is 11.8 Å². The Bertz CT molecular complexity index is 695. The molecule has 0 amide bonds. The van der Waals surface area contributed by atoms with E-state index in [-0.39, 0.29) is 6.61 Å². The molecule has 0 radical (unpaired) electrons. The van der Waals surface area contributed by atoms with E-state index in [9.17, 15) is 9.50 Å². The van der Waals surface area contributed by atoms with Crippen LogP contribution in [0.25, 0.3) is 0 Å². The number of aliphatic hydroxyl groups excluding tert-OH is 1. The molecule has 1 atom stereocenters. The number of nitrogens with zero attached hydrogens (tertiary/aromatic N) is 1. The lowest BCUT2D eigenvalue weighted by Gasteiger charge is -2.14. The van der Waals surface area contributed by atoms with Crippen molar-refractivity contribution in [3.05, 3.63) is 63.9 Å². The normalized spacial score (nSPS) is 11.8. The Labute approximate surface area is 127 Å². The maximum atomic E-state index is 13.2. The van der Waals surface area contributed by atoms with Gasteiger partial charge in [0.1, 0.15) is 18.2 Å². The zero-order valence-corrected chi connectivity index (χ0v) is 12.1. The van der Waals surface area contributed by atoms with Gasteiger partial charge in [-0.25, -0.2) is 4.39 Å². The van der Waals surface area contributed by atoms with Crippen LogP contribution >= 0.6 is 11.6 Å². The van der Waals surface area contributed by atoms with Crippen LogP contribution in [-0.2, 0) is 6.61 Å². The van der Waals surface area contributed by atoms with Gasteiger partial charge in [-0.1, -0.05) is 17.7 Å². The summed E-state index contributed by atoms with van der Waals surface area (Å²) >= 11 is 6.06. The van der Waals surface area contributed by atoms with Crippen molar-refractivity contribution in [3.63, 3.8) is 0 Å². The van der Waals surface area contributed by atoms with E-state index in [1.165, 1.54) is 25.1 Å². The molecule has 0 aliphatic rings. The van der Waals surface area contributed by atoms with Gasteiger partial charge < -0.3 is 9.84 Å². The first-order valence-corrected chi connectivity index (χ1v) is 6.68. The molecule has 0 aromatic heterocycles. The molecule has 0 bridgehead atoms. The summed E-state index contributed by atoms with van der Waals surface area (Å²) in [6, 6.07) is 10.9. The Morgan fingerprint density at radius 1 is 1.33 bits per heavy atom. The van der Waals surface area contributed by atoms with E-state index in [2.05, 4.69) is 0 Å². The molecule has 2 aromatic carbocycles. The minimum Gasteiger partial charge on any atom is -0.488 e. The number of aliphatic hydroxyl groups is 1. The number of nitriles is 1. The zero-order valence-electron chi connectivity index (χ0n) is 11.3. The van der Waals surface area contributed by atoms with E-state index in [0.29, 0.717) is 27.5 Å². The molecule has 0 saturated carbocycles. The van der Waals surface area contributed by atoms with Crippen molar-refractivity contribution in [2.24, 2.45) is 0 Å². The molecule has 0 unspecified atom stereocenters. The fourth-order valence-electron chi connectivity index (χ4n) is 1.87. The van der Waals surface area contributed by atoms with E-state index in [1.807, 2.05) is 6.07 Å². The van der Waals surface area contributed by atoms with Crippen LogP contribution in [0.2, 0.25) is 5.02 Å². The summed E-state index contributed by atoms with van der Waals surface area (Å²) in [6.07, 6.45) is -0.841. The van der Waals surface area contributed by atoms with Gasteiger partial charge in [-0.3, -0.25) is 0 Å². The van der Waals surface area contributed by atoms with Gasteiger partial charge in [0.15, 0.2) is 0 Å². The summed E-state index contributed by atoms with van der Waals surface area (Å²) in [5, 5.41) is 18.8. The quantitative estimate of drug-likeness (QED) is 0.929. The zero-order chi connectivity index (χ0) is 15.4. The highest BCUT2D eigenvalue weighted by Crippen LogP contribution is 2.27. The van der Waals surface area contributed by atoms with Gasteiger partial charge in [0.2, 0.25) is 0 Å². The molecule has 2 rings (SSSR count). The molecule has 2 aromatic rings. The molecule has 5 heteroatoms. The number of hydrogen-bond acceptors (Lipinski definition) is 3. The van der Waals surface area contributed by atoms with Crippen LogP contribution in [0.3, 0.4) is 0 Å². The van der Waals surface area contributed by atoms with Crippen LogP contribution in [0.5, 0.6) is 5.75 Å². The molecular weight excluding hydrogens is 293 g/mol. The van der Waals surface area contributed by atoms with Crippen LogP contribution in [0, 0.1) is 17.1 Å². The fraction of sp³-hybridized carbons (Fsp3) is 0.188. The third-order valence-corrected chi connectivity index (χ3v) is 3.34. The lowest BCUT2D eigenvalue weighted by Crippen LogP contribution is -2.02. The van der Waals surface area contributed by atoms with Crippen LogP contribution < -0.4 is 4.74 Å². The molecule has 0 saturated heterocycles. The Hall–Kier alpha value is -2.09. The molecular formula is C16H13ClFNO2. The lowest BCUT2D eigenvalue weighted by molar-refractivity contribution is 0.189. The van der Waals surface area contributed by atoms with Gasteiger partial charge in [-0.05, 0) is 37.3 Å². The second kappa shape index (κ2) is 6.57. The second-order valence-corrected chi connectivity index (χ2v) is 4.97. The average molecular weight is 306 g/mol. The van der Waals surface area contributed by atoms with E-state index in [1.54, 1.807) is 18.2 Å². The van der Waals surface area contributed by atoms with E-state index >= 15 is 0 Å². The first kappa shape index (κ1) is 15.3. The summed E-state index contributed by atoms with van der Waals surface area (Å²) < 4.78 is 18.8. The molecule has 108 valence electrons. The molecule has 3 nitrogen and oxygen atoms in total. The standard InChI is InChI=1S/C16H13ClFNO2/c1-10(20)14-7-13(18)4-5-16(14)21-9-12-3-2-11(8-19)6-15(12)17/h2-7,10,20H,9H2,1H3/t10-/m0/s1. The fourth-order valence-corrected chi connectivity index (χ4v) is 2.10. The van der Waals surface area contributed by atoms with Crippen molar-refractivity contribution < 1.29 is 14.2 Å². The summed E-state index contributed by atoms with van der Waals surface area (Å²) in [7, 11) is 0. The van der Waals surface area contributed by atoms with Crippen molar-refractivity contribution in [1.29, 1.82) is 5.26 Å². The third kappa shape index (κ3) is 3.72. The molecule has 0 aliphatic heterocycles. The SMILES string of the molecule is C[C@H](O)c1cc(F)ccc1OCc1ccc(C#N)cc1Cl. The Kier molecular flexibility index (Phi) is 4.79. The molecule has 0 heterocycles. The highest BCUT2D eigenvalue weighted by atomic mass is 35.5. The Balaban J connectivity index is 2.19. The summed E-state index contributed by atoms with van der Waals surface area (Å²) in [5.74, 6) is -0.0403. The second-order valence-electron chi connectivity index (χ2n) is 4.56. The number of ether oxygens (including phenoxy) is 1. The Morgan fingerprint density at radius 3 is 2.71 bits per heavy atom. The first-order valence-electron chi connectivity index (χ1n) is 6.30. The molecule has 21 heavy (non-hydrogen) atoms. The lowest BCUT2D eigenvalue weighted by atomic mass is 10.1. The highest BCUT2D eigenvalue weighted by molar-refractivity contribution is 6.31. The van der Waals surface area contributed by atoms with Crippen LogP contribution in [0.15, 0.2) is 36.4 Å². The molecule has 0 fully saturated rings. The van der Waals surface area contributed by atoms with Gasteiger partial charge >= 0.3 is 0 Å². The van der Waals surface area contributed by atoms with Crippen molar-refractivity contribution in [2.75, 3.05) is 0 Å². The smallest absolute Gasteiger partial charge is 0.125 e. The molecule has 0 aliphatic carbocycles. The van der Waals surface area contributed by atoms with E-state index in [4.69, 9.17) is 21.6 Å². The largest absolute Gasteiger partial charge is 0.488 e. The van der Waals surface area contributed by atoms with Crippen molar-refractivity contribution in [1.82, 2.24) is 0 Å². The van der Waals surface area contributed by atoms with Crippen molar-refractivity contribution >= 4 is 11.6 Å². The van der Waals surface area contributed by atoms with E-state index < -0.39 is 11.9 Å². The highest BCUT2D eigenvalue weighted by Gasteiger charge is 2.11. The van der Waals surface area contributed by atoms with Gasteiger partial charge in [0, 0.05) is 16.1 Å². The summed E-state index contributed by atoms with van der Waals surface area (Å²) in [5.41, 5.74) is 1.55. The summed E-state index contributed by atoms with van der Waals surface area (Å²) in [6.45, 7) is 1.70. The number of hydrogen-bond donors (Lipinski definition) is 1. The number of rotatable bonds is 4. The number of benzene rings is 2. The monoisotopic (exact) mass is 305 g/mol. The maximum absolute atomic E-state index is 13.2. The first-order chi connectivity index (χ1) is 10.0. The van der Waals surface area contributed by atoms with E-state index in [0.717, 1.165) is 0 Å². The molecule has 0 spiro atoms. The topological polar surface area (TPSA) is 53.2 Å². The minimum atomic E-state index is -0.841.